The molecule has 8 nitrogen and oxygen atoms in total. The number of carbonyl (C=O) groups is 4. The summed E-state index contributed by atoms with van der Waals surface area (Å²) < 4.78 is 48.2. The molecule has 0 aromatic heterocycles. The molecule has 0 heterocycles. The van der Waals surface area contributed by atoms with Gasteiger partial charge < -0.3 is 20.1 Å². The van der Waals surface area contributed by atoms with Gasteiger partial charge in [-0.25, -0.2) is 9.59 Å². The second-order valence-corrected chi connectivity index (χ2v) is 5.70. The van der Waals surface area contributed by atoms with Crippen molar-refractivity contribution in [3.63, 3.8) is 0 Å². The number of hydrogen-bond donors (Lipinski definition) is 2. The molecule has 11 heteroatoms. The number of alkyl halides is 3. The SMILES string of the molecule is COC(=O)c1ccc(C(=O)OC)c(NC(=O)C(=O)Nc2ccccc2C(F)(F)F)c1. The number of esters is 2. The highest BCUT2D eigenvalue weighted by atomic mass is 19.4. The summed E-state index contributed by atoms with van der Waals surface area (Å²) in [6.07, 6.45) is -4.76. The van der Waals surface area contributed by atoms with Crippen molar-refractivity contribution in [2.75, 3.05) is 24.9 Å². The zero-order chi connectivity index (χ0) is 22.5. The summed E-state index contributed by atoms with van der Waals surface area (Å²) in [6.45, 7) is 0. The van der Waals surface area contributed by atoms with E-state index >= 15 is 0 Å². The van der Waals surface area contributed by atoms with Gasteiger partial charge in [0.05, 0.1) is 42.3 Å². The fourth-order valence-electron chi connectivity index (χ4n) is 2.38. The zero-order valence-electron chi connectivity index (χ0n) is 15.6. The minimum absolute atomic E-state index is 0.0525. The summed E-state index contributed by atoms with van der Waals surface area (Å²) in [6, 6.07) is 7.54. The average Bonchev–Trinajstić information content (AvgIpc) is 2.72. The zero-order valence-corrected chi connectivity index (χ0v) is 15.6. The monoisotopic (exact) mass is 424 g/mol. The van der Waals surface area contributed by atoms with E-state index in [4.69, 9.17) is 0 Å². The van der Waals surface area contributed by atoms with Gasteiger partial charge in [-0.3, -0.25) is 9.59 Å². The van der Waals surface area contributed by atoms with Crippen LogP contribution in [0.1, 0.15) is 26.3 Å². The maximum absolute atomic E-state index is 13.0. The van der Waals surface area contributed by atoms with Gasteiger partial charge in [0.15, 0.2) is 0 Å². The largest absolute Gasteiger partial charge is 0.465 e. The molecule has 2 rings (SSSR count). The Labute approximate surface area is 168 Å². The topological polar surface area (TPSA) is 111 Å². The summed E-state index contributed by atoms with van der Waals surface area (Å²) in [4.78, 5) is 47.9. The molecule has 2 amide bonds. The highest BCUT2D eigenvalue weighted by molar-refractivity contribution is 6.44. The number of ether oxygens (including phenoxy) is 2. The molecule has 0 unspecified atom stereocenters. The van der Waals surface area contributed by atoms with E-state index in [9.17, 15) is 32.3 Å². The van der Waals surface area contributed by atoms with Crippen LogP contribution in [-0.4, -0.2) is 38.0 Å². The van der Waals surface area contributed by atoms with Gasteiger partial charge in [0, 0.05) is 0 Å². The Morgan fingerprint density at radius 3 is 1.93 bits per heavy atom. The van der Waals surface area contributed by atoms with Crippen LogP contribution >= 0.6 is 0 Å². The van der Waals surface area contributed by atoms with Gasteiger partial charge in [0.2, 0.25) is 0 Å². The number of rotatable bonds is 4. The number of benzene rings is 2. The third-order valence-electron chi connectivity index (χ3n) is 3.78. The molecule has 2 aromatic rings. The molecule has 0 bridgehead atoms. The van der Waals surface area contributed by atoms with Crippen LogP contribution < -0.4 is 10.6 Å². The van der Waals surface area contributed by atoms with Crippen molar-refractivity contribution in [1.82, 2.24) is 0 Å². The minimum Gasteiger partial charge on any atom is -0.465 e. The second-order valence-electron chi connectivity index (χ2n) is 5.70. The highest BCUT2D eigenvalue weighted by Crippen LogP contribution is 2.34. The lowest BCUT2D eigenvalue weighted by Gasteiger charge is -2.14. The van der Waals surface area contributed by atoms with E-state index in [0.29, 0.717) is 0 Å². The summed E-state index contributed by atoms with van der Waals surface area (Å²) >= 11 is 0. The number of anilines is 2. The lowest BCUT2D eigenvalue weighted by Crippen LogP contribution is -2.30. The number of amides is 2. The molecular formula is C19H15F3N2O6. The van der Waals surface area contributed by atoms with Gasteiger partial charge in [-0.2, -0.15) is 13.2 Å². The van der Waals surface area contributed by atoms with Crippen LogP contribution in [0.3, 0.4) is 0 Å². The van der Waals surface area contributed by atoms with Crippen molar-refractivity contribution >= 4 is 35.1 Å². The first kappa shape index (κ1) is 22.4. The van der Waals surface area contributed by atoms with Crippen LogP contribution in [-0.2, 0) is 25.2 Å². The van der Waals surface area contributed by atoms with Crippen molar-refractivity contribution in [3.8, 4) is 0 Å². The van der Waals surface area contributed by atoms with Gasteiger partial charge in [-0.15, -0.1) is 0 Å². The van der Waals surface area contributed by atoms with Gasteiger partial charge in [-0.1, -0.05) is 12.1 Å². The summed E-state index contributed by atoms with van der Waals surface area (Å²) in [5.74, 6) is -4.47. The molecule has 0 saturated carbocycles. The fourth-order valence-corrected chi connectivity index (χ4v) is 2.38. The van der Waals surface area contributed by atoms with Gasteiger partial charge >= 0.3 is 29.9 Å². The van der Waals surface area contributed by atoms with E-state index in [2.05, 4.69) is 14.8 Å². The lowest BCUT2D eigenvalue weighted by atomic mass is 10.1. The number of hydrogen-bond acceptors (Lipinski definition) is 6. The van der Waals surface area contributed by atoms with Gasteiger partial charge in [0.1, 0.15) is 0 Å². The Morgan fingerprint density at radius 2 is 1.37 bits per heavy atom. The number of methoxy groups -OCH3 is 2. The number of carbonyl (C=O) groups excluding carboxylic acids is 4. The standard InChI is InChI=1S/C19H15F3N2O6/c1-29-17(27)10-7-8-11(18(28)30-2)14(9-10)24-16(26)15(25)23-13-6-4-3-5-12(13)19(20,21)22/h3-9H,1-2H3,(H,23,25)(H,24,26). The summed E-state index contributed by atoms with van der Waals surface area (Å²) in [5, 5.41) is 3.95. The van der Waals surface area contributed by atoms with E-state index < -0.39 is 41.2 Å². The van der Waals surface area contributed by atoms with Gasteiger partial charge in [-0.05, 0) is 30.3 Å². The van der Waals surface area contributed by atoms with Crippen molar-refractivity contribution in [2.24, 2.45) is 0 Å². The number of halogens is 3. The lowest BCUT2D eigenvalue weighted by molar-refractivity contribution is -0.137. The van der Waals surface area contributed by atoms with E-state index in [-0.39, 0.29) is 16.8 Å². The van der Waals surface area contributed by atoms with E-state index in [1.165, 1.54) is 12.1 Å². The minimum atomic E-state index is -4.76. The van der Waals surface area contributed by atoms with E-state index in [1.807, 2.05) is 5.32 Å². The molecule has 0 aliphatic rings. The van der Waals surface area contributed by atoms with Crippen LogP contribution in [0, 0.1) is 0 Å². The van der Waals surface area contributed by atoms with Crippen LogP contribution in [0.2, 0.25) is 0 Å². The molecular weight excluding hydrogens is 409 g/mol. The Kier molecular flexibility index (Phi) is 6.77. The third-order valence-corrected chi connectivity index (χ3v) is 3.78. The third kappa shape index (κ3) is 5.13. The average molecular weight is 424 g/mol. The van der Waals surface area contributed by atoms with Gasteiger partial charge in [0.25, 0.3) is 0 Å². The van der Waals surface area contributed by atoms with Crippen LogP contribution in [0.25, 0.3) is 0 Å². The number of para-hydroxylation sites is 1. The van der Waals surface area contributed by atoms with E-state index in [1.54, 1.807) is 0 Å². The molecule has 2 aromatic carbocycles. The molecule has 30 heavy (non-hydrogen) atoms. The number of nitrogens with one attached hydrogen (secondary N) is 2. The smallest absolute Gasteiger partial charge is 0.418 e. The first-order valence-electron chi connectivity index (χ1n) is 8.17. The molecule has 0 aliphatic heterocycles. The predicted molar refractivity (Wildman–Crippen MR) is 97.8 cm³/mol. The molecule has 0 fully saturated rings. The molecule has 0 radical (unpaired) electrons. The molecule has 0 spiro atoms. The molecule has 0 saturated heterocycles. The van der Waals surface area contributed by atoms with Crippen molar-refractivity contribution < 1.29 is 41.8 Å². The summed E-state index contributed by atoms with van der Waals surface area (Å²) in [5.41, 5.74) is -2.28. The molecule has 0 aliphatic carbocycles. The second kappa shape index (κ2) is 9.07. The Morgan fingerprint density at radius 1 is 0.800 bits per heavy atom. The normalized spacial score (nSPS) is 10.7. The Bertz CT molecular complexity index is 1000. The van der Waals surface area contributed by atoms with Crippen molar-refractivity contribution in [3.05, 3.63) is 59.2 Å². The first-order chi connectivity index (χ1) is 14.1. The van der Waals surface area contributed by atoms with E-state index in [0.717, 1.165) is 44.6 Å². The predicted octanol–water partition coefficient (Wildman–Crippen LogP) is 2.86. The van der Waals surface area contributed by atoms with Crippen molar-refractivity contribution in [1.29, 1.82) is 0 Å². The fraction of sp³-hybridized carbons (Fsp3) is 0.158. The maximum Gasteiger partial charge on any atom is 0.418 e. The molecule has 158 valence electrons. The van der Waals surface area contributed by atoms with Crippen LogP contribution in [0.15, 0.2) is 42.5 Å². The molecule has 2 N–H and O–H groups in total. The van der Waals surface area contributed by atoms with Crippen LogP contribution in [0.5, 0.6) is 0 Å². The first-order valence-corrected chi connectivity index (χ1v) is 8.17. The maximum atomic E-state index is 13.0. The quantitative estimate of drug-likeness (QED) is 0.577. The summed E-state index contributed by atoms with van der Waals surface area (Å²) in [7, 11) is 2.18. The Balaban J connectivity index is 2.30. The highest BCUT2D eigenvalue weighted by Gasteiger charge is 2.34. The van der Waals surface area contributed by atoms with Crippen LogP contribution in [0.4, 0.5) is 24.5 Å². The Hall–Kier alpha value is -3.89. The van der Waals surface area contributed by atoms with Crippen molar-refractivity contribution in [2.45, 2.75) is 6.18 Å². The molecule has 0 atom stereocenters.